The summed E-state index contributed by atoms with van der Waals surface area (Å²) >= 11 is 3.31. The van der Waals surface area contributed by atoms with Gasteiger partial charge in [-0.3, -0.25) is 0 Å². The largest absolute Gasteiger partial charge is 0.378 e. The Morgan fingerprint density at radius 3 is 0.717 bits per heavy atom. The summed E-state index contributed by atoms with van der Waals surface area (Å²) in [5.74, 6) is 0. The fourth-order valence-corrected chi connectivity index (χ4v) is 5.39. The van der Waals surface area contributed by atoms with Crippen LogP contribution in [0.4, 0.5) is 0 Å². The highest BCUT2D eigenvalue weighted by molar-refractivity contribution is 9.09. The highest BCUT2D eigenvalue weighted by Gasteiger charge is 2.37. The van der Waals surface area contributed by atoms with Crippen LogP contribution in [0.15, 0.2) is 91.0 Å². The van der Waals surface area contributed by atoms with E-state index in [-0.39, 0.29) is 0 Å². The number of hydrogen-bond donors (Lipinski definition) is 0. The third kappa shape index (κ3) is 20.3. The van der Waals surface area contributed by atoms with Gasteiger partial charge in [0.05, 0.1) is 139 Å². The summed E-state index contributed by atoms with van der Waals surface area (Å²) in [4.78, 5) is 0. The second-order valence-corrected chi connectivity index (χ2v) is 12.2. The van der Waals surface area contributed by atoms with Gasteiger partial charge in [-0.2, -0.15) is 0 Å². The first-order chi connectivity index (χ1) is 26.4. The summed E-state index contributed by atoms with van der Waals surface area (Å²) in [7, 11) is 0. The Labute approximate surface area is 324 Å². The maximum absolute atomic E-state index is 6.73. The van der Waals surface area contributed by atoms with Gasteiger partial charge in [0.2, 0.25) is 0 Å². The molecule has 0 radical (unpaired) electrons. The minimum Gasteiger partial charge on any atom is -0.378 e. The third-order valence-electron chi connectivity index (χ3n) is 7.66. The predicted octanol–water partition coefficient (Wildman–Crippen LogP) is 5.56. The first kappa shape index (κ1) is 45.1. The normalized spacial score (nSPS) is 11.7. The average molecular weight is 808 g/mol. The molecule has 0 fully saturated rings. The van der Waals surface area contributed by atoms with Gasteiger partial charge in [-0.05, 0) is 16.7 Å². The number of ether oxygens (including phenoxy) is 11. The second-order valence-electron chi connectivity index (χ2n) is 11.4. The minimum atomic E-state index is -0.750. The van der Waals surface area contributed by atoms with Crippen LogP contribution in [-0.4, -0.2) is 144 Å². The Morgan fingerprint density at radius 1 is 0.283 bits per heavy atom. The molecule has 0 atom stereocenters. The first-order valence-electron chi connectivity index (χ1n) is 18.5. The average Bonchev–Trinajstić information content (AvgIpc) is 3.21. The lowest BCUT2D eigenvalue weighted by molar-refractivity contribution is -0.0399. The molecule has 0 amide bonds. The highest BCUT2D eigenvalue weighted by atomic mass is 79.9. The molecule has 0 unspecified atom stereocenters. The Hall–Kier alpha value is -2.30. The zero-order chi connectivity index (χ0) is 37.2. The summed E-state index contributed by atoms with van der Waals surface area (Å²) in [6.45, 7) is 10.9. The predicted molar refractivity (Wildman–Crippen MR) is 207 cm³/mol. The fraction of sp³-hybridized carbons (Fsp3) is 0.561. The molecule has 3 aromatic carbocycles. The Bertz CT molecular complexity index is 1110. The smallest absolute Gasteiger partial charge is 0.143 e. The van der Waals surface area contributed by atoms with E-state index in [1.807, 2.05) is 54.6 Å². The Kier molecular flexibility index (Phi) is 27.2. The fourth-order valence-electron chi connectivity index (χ4n) is 5.16. The van der Waals surface area contributed by atoms with Gasteiger partial charge in [-0.25, -0.2) is 0 Å². The van der Waals surface area contributed by atoms with Gasteiger partial charge in [0.25, 0.3) is 0 Å². The van der Waals surface area contributed by atoms with Crippen LogP contribution in [0.5, 0.6) is 0 Å². The van der Waals surface area contributed by atoms with E-state index < -0.39 is 5.60 Å². The zero-order valence-electron chi connectivity index (χ0n) is 31.1. The molecule has 0 aliphatic carbocycles. The molecule has 0 aromatic heterocycles. The first-order valence-corrected chi connectivity index (χ1v) is 19.6. The van der Waals surface area contributed by atoms with Gasteiger partial charge < -0.3 is 52.1 Å². The van der Waals surface area contributed by atoms with Crippen molar-refractivity contribution in [3.05, 3.63) is 108 Å². The van der Waals surface area contributed by atoms with Crippen LogP contribution in [0.2, 0.25) is 0 Å². The molecule has 11 nitrogen and oxygen atoms in total. The maximum atomic E-state index is 6.73. The lowest BCUT2D eigenvalue weighted by Gasteiger charge is -2.36. The Morgan fingerprint density at radius 2 is 0.491 bits per heavy atom. The summed E-state index contributed by atoms with van der Waals surface area (Å²) in [5.41, 5.74) is 2.45. The van der Waals surface area contributed by atoms with E-state index in [9.17, 15) is 0 Å². The number of alkyl halides is 1. The second kappa shape index (κ2) is 32.0. The zero-order valence-corrected chi connectivity index (χ0v) is 32.7. The van der Waals surface area contributed by atoms with Crippen molar-refractivity contribution in [1.82, 2.24) is 0 Å². The molecule has 12 heteroatoms. The third-order valence-corrected chi connectivity index (χ3v) is 7.98. The standard InChI is InChI=1S/C41H59BrO11/c42-16-17-43-18-19-44-20-21-45-22-23-46-24-25-47-26-27-48-28-29-49-30-31-50-32-33-51-34-35-52-36-37-53-41(38-10-4-1-5-11-38,39-12-6-2-7-13-39)40-14-8-3-9-15-40/h1-15H,16-37H2. The minimum absolute atomic E-state index is 0.417. The van der Waals surface area contributed by atoms with E-state index in [2.05, 4.69) is 52.3 Å². The van der Waals surface area contributed by atoms with E-state index in [0.29, 0.717) is 139 Å². The van der Waals surface area contributed by atoms with E-state index in [1.165, 1.54) is 0 Å². The number of benzene rings is 3. The van der Waals surface area contributed by atoms with Gasteiger partial charge in [-0.15, -0.1) is 0 Å². The van der Waals surface area contributed by atoms with E-state index in [1.54, 1.807) is 0 Å². The van der Waals surface area contributed by atoms with Crippen LogP contribution in [0.1, 0.15) is 16.7 Å². The van der Waals surface area contributed by atoms with Gasteiger partial charge >= 0.3 is 0 Å². The van der Waals surface area contributed by atoms with Crippen molar-refractivity contribution in [2.24, 2.45) is 0 Å². The SMILES string of the molecule is BrCCOCCOCCOCCOCCOCCOCCOCCOCCOCCOCCOC(c1ccccc1)(c1ccccc1)c1ccccc1. The van der Waals surface area contributed by atoms with Crippen LogP contribution >= 0.6 is 15.9 Å². The van der Waals surface area contributed by atoms with E-state index in [4.69, 9.17) is 52.1 Å². The van der Waals surface area contributed by atoms with Crippen LogP contribution in [-0.2, 0) is 57.7 Å². The van der Waals surface area contributed by atoms with Crippen molar-refractivity contribution >= 4 is 15.9 Å². The topological polar surface area (TPSA) is 102 Å². The van der Waals surface area contributed by atoms with Gasteiger partial charge in [0, 0.05) is 5.33 Å². The molecule has 0 bridgehead atoms. The van der Waals surface area contributed by atoms with Crippen molar-refractivity contribution in [2.45, 2.75) is 5.60 Å². The van der Waals surface area contributed by atoms with Gasteiger partial charge in [0.1, 0.15) is 5.60 Å². The van der Waals surface area contributed by atoms with E-state index >= 15 is 0 Å². The number of halogens is 1. The Balaban J connectivity index is 1.07. The van der Waals surface area contributed by atoms with Crippen molar-refractivity contribution in [3.63, 3.8) is 0 Å². The molecular weight excluding hydrogens is 748 g/mol. The van der Waals surface area contributed by atoms with E-state index in [0.717, 1.165) is 22.0 Å². The summed E-state index contributed by atoms with van der Waals surface area (Å²) in [6, 6.07) is 31.0. The van der Waals surface area contributed by atoms with Gasteiger partial charge in [-0.1, -0.05) is 107 Å². The molecule has 0 aliphatic rings. The molecule has 0 spiro atoms. The lowest BCUT2D eigenvalue weighted by Crippen LogP contribution is -2.34. The van der Waals surface area contributed by atoms with Crippen LogP contribution in [0.3, 0.4) is 0 Å². The molecule has 0 N–H and O–H groups in total. The molecule has 53 heavy (non-hydrogen) atoms. The quantitative estimate of drug-likeness (QED) is 0.0420. The monoisotopic (exact) mass is 806 g/mol. The number of hydrogen-bond acceptors (Lipinski definition) is 11. The molecule has 3 rings (SSSR count). The molecule has 0 saturated carbocycles. The van der Waals surface area contributed by atoms with Crippen LogP contribution in [0, 0.1) is 0 Å². The van der Waals surface area contributed by atoms with Crippen molar-refractivity contribution < 1.29 is 52.1 Å². The molecule has 0 heterocycles. The van der Waals surface area contributed by atoms with Crippen LogP contribution in [0.25, 0.3) is 0 Å². The number of rotatable bonds is 36. The van der Waals surface area contributed by atoms with Crippen LogP contribution < -0.4 is 0 Å². The lowest BCUT2D eigenvalue weighted by atomic mass is 9.80. The molecule has 0 saturated heterocycles. The molecular formula is C41H59BrO11. The molecule has 296 valence electrons. The van der Waals surface area contributed by atoms with Gasteiger partial charge in [0.15, 0.2) is 0 Å². The summed E-state index contributed by atoms with van der Waals surface area (Å²) in [6.07, 6.45) is 0. The summed E-state index contributed by atoms with van der Waals surface area (Å²) in [5, 5.41) is 0.836. The summed E-state index contributed by atoms with van der Waals surface area (Å²) < 4.78 is 62.0. The maximum Gasteiger partial charge on any atom is 0.143 e. The molecule has 0 aliphatic heterocycles. The molecule has 3 aromatic rings. The van der Waals surface area contributed by atoms with Crippen molar-refractivity contribution in [3.8, 4) is 0 Å². The van der Waals surface area contributed by atoms with Crippen molar-refractivity contribution in [1.29, 1.82) is 0 Å². The highest BCUT2D eigenvalue weighted by Crippen LogP contribution is 2.40. The van der Waals surface area contributed by atoms with Crippen molar-refractivity contribution in [2.75, 3.05) is 144 Å².